The summed E-state index contributed by atoms with van der Waals surface area (Å²) in [5.74, 6) is -0.948. The maximum absolute atomic E-state index is 13.8. The summed E-state index contributed by atoms with van der Waals surface area (Å²) >= 11 is 0. The number of benzene rings is 2. The number of hydrogen-bond donors (Lipinski definition) is 0. The third-order valence-corrected chi connectivity index (χ3v) is 9.22. The van der Waals surface area contributed by atoms with Crippen LogP contribution in [0.2, 0.25) is 0 Å². The molecule has 1 unspecified atom stereocenters. The van der Waals surface area contributed by atoms with Crippen molar-refractivity contribution in [2.45, 2.75) is 89.0 Å². The van der Waals surface area contributed by atoms with Gasteiger partial charge < -0.3 is 9.64 Å². The lowest BCUT2D eigenvalue weighted by Gasteiger charge is -2.45. The Balaban J connectivity index is 1.44. The summed E-state index contributed by atoms with van der Waals surface area (Å²) in [5.41, 5.74) is -2.15. The van der Waals surface area contributed by atoms with E-state index in [-0.39, 0.29) is 41.6 Å². The number of ether oxygens (including phenoxy) is 1. The summed E-state index contributed by atoms with van der Waals surface area (Å²) in [4.78, 5) is 17.5. The first-order valence-corrected chi connectivity index (χ1v) is 14.3. The van der Waals surface area contributed by atoms with E-state index in [1.54, 1.807) is 17.0 Å². The molecule has 2 aromatic carbocycles. The number of nitrogens with zero attached hydrogens (tertiary/aromatic N) is 2. The minimum Gasteiger partial charge on any atom is -0.368 e. The number of rotatable bonds is 5. The predicted octanol–water partition coefficient (Wildman–Crippen LogP) is 7.59. The second-order valence-electron chi connectivity index (χ2n) is 12.6. The van der Waals surface area contributed by atoms with Gasteiger partial charge in [-0.1, -0.05) is 26.0 Å². The van der Waals surface area contributed by atoms with Crippen LogP contribution in [-0.2, 0) is 21.9 Å². The Hall–Kier alpha value is -2.66. The smallest absolute Gasteiger partial charge is 0.368 e. The van der Waals surface area contributed by atoms with E-state index < -0.39 is 47.4 Å². The fraction of sp³-hybridized carbons (Fsp3) is 0.581. The van der Waals surface area contributed by atoms with Gasteiger partial charge in [0.1, 0.15) is 5.82 Å². The SMILES string of the molecule is C[C@@H](O[C@H]1CN2C(=O)CC(N3CCC(C)(C)CC3)C[C@H]2[C@@H]1c1ccc(F)cc1)c1cc(C(F)(F)F)cc(C(F)(F)F)c1. The van der Waals surface area contributed by atoms with Crippen molar-refractivity contribution in [2.75, 3.05) is 19.6 Å². The normalized spacial score (nSPS) is 27.7. The molecule has 42 heavy (non-hydrogen) atoms. The molecule has 3 fully saturated rings. The van der Waals surface area contributed by atoms with E-state index in [1.807, 2.05) is 0 Å². The highest BCUT2D eigenvalue weighted by Crippen LogP contribution is 2.45. The molecule has 0 radical (unpaired) electrons. The third-order valence-electron chi connectivity index (χ3n) is 9.22. The summed E-state index contributed by atoms with van der Waals surface area (Å²) in [7, 11) is 0. The number of piperidine rings is 2. The van der Waals surface area contributed by atoms with Crippen molar-refractivity contribution in [3.63, 3.8) is 0 Å². The van der Waals surface area contributed by atoms with Crippen molar-refractivity contribution in [3.05, 3.63) is 70.5 Å². The highest BCUT2D eigenvalue weighted by atomic mass is 19.4. The van der Waals surface area contributed by atoms with E-state index in [0.29, 0.717) is 30.5 Å². The summed E-state index contributed by atoms with van der Waals surface area (Å²) < 4.78 is 101. The Bertz CT molecular complexity index is 1250. The van der Waals surface area contributed by atoms with Crippen molar-refractivity contribution in [1.29, 1.82) is 0 Å². The number of likely N-dealkylation sites (tertiary alicyclic amines) is 1. The Morgan fingerprint density at radius 3 is 2.05 bits per heavy atom. The van der Waals surface area contributed by atoms with E-state index in [1.165, 1.54) is 19.1 Å². The van der Waals surface area contributed by atoms with E-state index in [0.717, 1.165) is 25.9 Å². The Kier molecular flexibility index (Phi) is 8.15. The second kappa shape index (κ2) is 11.1. The van der Waals surface area contributed by atoms with Gasteiger partial charge in [0.25, 0.3) is 0 Å². The molecule has 3 saturated heterocycles. The fourth-order valence-electron chi connectivity index (χ4n) is 6.70. The first-order valence-electron chi connectivity index (χ1n) is 14.3. The minimum atomic E-state index is -4.98. The topological polar surface area (TPSA) is 32.8 Å². The summed E-state index contributed by atoms with van der Waals surface area (Å²) in [5, 5.41) is 0. The van der Waals surface area contributed by atoms with Crippen LogP contribution in [0.3, 0.4) is 0 Å². The molecular weight excluding hydrogens is 565 g/mol. The van der Waals surface area contributed by atoms with E-state index in [9.17, 15) is 35.5 Å². The molecule has 2 aromatic rings. The molecular formula is C31H35F7N2O2. The minimum absolute atomic E-state index is 0.00628. The van der Waals surface area contributed by atoms with E-state index >= 15 is 0 Å². The maximum Gasteiger partial charge on any atom is 0.416 e. The number of carbonyl (C=O) groups excluding carboxylic acids is 1. The number of alkyl halides is 6. The first-order chi connectivity index (χ1) is 19.5. The maximum atomic E-state index is 13.8. The quantitative estimate of drug-likeness (QED) is 0.332. The molecule has 230 valence electrons. The number of halogens is 7. The van der Waals surface area contributed by atoms with Crippen LogP contribution in [0.1, 0.15) is 80.7 Å². The molecule has 0 N–H and O–H groups in total. The second-order valence-corrected chi connectivity index (χ2v) is 12.6. The molecule has 4 nitrogen and oxygen atoms in total. The van der Waals surface area contributed by atoms with Crippen molar-refractivity contribution in [2.24, 2.45) is 5.41 Å². The van der Waals surface area contributed by atoms with Gasteiger partial charge in [-0.25, -0.2) is 4.39 Å². The standard InChI is InChI=1S/C31H35F7N2O2/c1-18(20-12-21(30(33,34)35)14-22(13-20)31(36,37)38)42-26-17-40-25(28(26)19-4-6-23(32)7-5-19)15-24(16-27(40)41)39-10-8-29(2,3)9-11-39/h4-7,12-14,18,24-26,28H,8-11,15-17H2,1-3H3/t18-,24?,25+,26+,28+/m1/s1. The van der Waals surface area contributed by atoms with Gasteiger partial charge in [-0.15, -0.1) is 0 Å². The Morgan fingerprint density at radius 2 is 1.50 bits per heavy atom. The molecule has 3 aliphatic rings. The highest BCUT2D eigenvalue weighted by molar-refractivity contribution is 5.79. The molecule has 0 aliphatic carbocycles. The van der Waals surface area contributed by atoms with Gasteiger partial charge in [-0.05, 0) is 86.1 Å². The molecule has 11 heteroatoms. The number of carbonyl (C=O) groups is 1. The van der Waals surface area contributed by atoms with Crippen LogP contribution in [0.15, 0.2) is 42.5 Å². The summed E-state index contributed by atoms with van der Waals surface area (Å²) in [6.45, 7) is 7.74. The van der Waals surface area contributed by atoms with Crippen molar-refractivity contribution in [3.8, 4) is 0 Å². The molecule has 0 saturated carbocycles. The third kappa shape index (κ3) is 6.46. The van der Waals surface area contributed by atoms with Gasteiger partial charge in [0, 0.05) is 31.0 Å². The lowest BCUT2D eigenvalue weighted by Crippen LogP contribution is -2.53. The molecule has 3 heterocycles. The molecule has 0 aromatic heterocycles. The van der Waals surface area contributed by atoms with Gasteiger partial charge in [-0.2, -0.15) is 26.3 Å². The van der Waals surface area contributed by atoms with Crippen LogP contribution in [0.4, 0.5) is 30.7 Å². The van der Waals surface area contributed by atoms with E-state index in [4.69, 9.17) is 4.74 Å². The van der Waals surface area contributed by atoms with Gasteiger partial charge in [0.15, 0.2) is 0 Å². The van der Waals surface area contributed by atoms with Crippen LogP contribution in [-0.4, -0.2) is 53.5 Å². The van der Waals surface area contributed by atoms with Crippen LogP contribution < -0.4 is 0 Å². The van der Waals surface area contributed by atoms with Crippen LogP contribution in [0.25, 0.3) is 0 Å². The summed E-state index contributed by atoms with van der Waals surface area (Å²) in [6, 6.07) is 6.96. The number of fused-ring (bicyclic) bond motifs is 1. The fourth-order valence-corrected chi connectivity index (χ4v) is 6.70. The lowest BCUT2D eigenvalue weighted by molar-refractivity contribution is -0.143. The van der Waals surface area contributed by atoms with Gasteiger partial charge >= 0.3 is 12.4 Å². The molecule has 0 spiro atoms. The number of hydrogen-bond acceptors (Lipinski definition) is 3. The van der Waals surface area contributed by atoms with Gasteiger partial charge in [0.2, 0.25) is 5.91 Å². The number of amides is 1. The zero-order valence-electron chi connectivity index (χ0n) is 23.7. The average molecular weight is 601 g/mol. The molecule has 1 amide bonds. The molecule has 3 aliphatic heterocycles. The lowest BCUT2D eigenvalue weighted by atomic mass is 9.80. The average Bonchev–Trinajstić information content (AvgIpc) is 3.26. The molecule has 5 rings (SSSR count). The van der Waals surface area contributed by atoms with E-state index in [2.05, 4.69) is 18.7 Å². The van der Waals surface area contributed by atoms with Gasteiger partial charge in [-0.3, -0.25) is 9.69 Å². The zero-order chi connectivity index (χ0) is 30.6. The highest BCUT2D eigenvalue weighted by Gasteiger charge is 2.50. The van der Waals surface area contributed by atoms with Gasteiger partial charge in [0.05, 0.1) is 23.3 Å². The largest absolute Gasteiger partial charge is 0.416 e. The first kappa shape index (κ1) is 30.8. The molecule has 5 atom stereocenters. The Labute approximate surface area is 240 Å². The zero-order valence-corrected chi connectivity index (χ0v) is 23.7. The monoisotopic (exact) mass is 600 g/mol. The van der Waals surface area contributed by atoms with Crippen molar-refractivity contribution in [1.82, 2.24) is 9.80 Å². The van der Waals surface area contributed by atoms with Crippen LogP contribution in [0.5, 0.6) is 0 Å². The van der Waals surface area contributed by atoms with Crippen LogP contribution >= 0.6 is 0 Å². The van der Waals surface area contributed by atoms with Crippen LogP contribution in [0, 0.1) is 11.2 Å². The van der Waals surface area contributed by atoms with Crippen molar-refractivity contribution < 1.29 is 40.3 Å². The summed E-state index contributed by atoms with van der Waals surface area (Å²) in [6.07, 6.45) is -8.83. The Morgan fingerprint density at radius 1 is 0.929 bits per heavy atom. The molecule has 0 bridgehead atoms. The predicted molar refractivity (Wildman–Crippen MR) is 142 cm³/mol. The van der Waals surface area contributed by atoms with Crippen molar-refractivity contribution >= 4 is 5.91 Å².